The molecule has 3 N–H and O–H groups in total. The molecule has 2 aromatic rings. The van der Waals surface area contributed by atoms with E-state index in [1.807, 2.05) is 0 Å². The van der Waals surface area contributed by atoms with E-state index in [4.69, 9.17) is 0 Å². The van der Waals surface area contributed by atoms with Gasteiger partial charge in [0.2, 0.25) is 5.91 Å². The van der Waals surface area contributed by atoms with Crippen molar-refractivity contribution in [2.24, 2.45) is 0 Å². The first-order chi connectivity index (χ1) is 15.6. The van der Waals surface area contributed by atoms with Crippen molar-refractivity contribution in [3.8, 4) is 0 Å². The van der Waals surface area contributed by atoms with Gasteiger partial charge in [0, 0.05) is 18.7 Å². The number of hydrogen-bond acceptors (Lipinski definition) is 3. The molecule has 1 saturated carbocycles. The first-order valence-corrected chi connectivity index (χ1v) is 11.1. The minimum Gasteiger partial charge on any atom is -0.348 e. The molecule has 33 heavy (non-hydrogen) atoms. The van der Waals surface area contributed by atoms with E-state index < -0.39 is 23.2 Å². The third-order valence-electron chi connectivity index (χ3n) is 6.10. The van der Waals surface area contributed by atoms with Gasteiger partial charge in [-0.05, 0) is 56.0 Å². The number of nitrogens with one attached hydrogen (secondary N) is 3. The van der Waals surface area contributed by atoms with Crippen LogP contribution in [0, 0.1) is 13.8 Å². The average Bonchev–Trinajstić information content (AvgIpc) is 3.21. The van der Waals surface area contributed by atoms with Gasteiger partial charge < -0.3 is 16.0 Å². The van der Waals surface area contributed by atoms with Crippen molar-refractivity contribution >= 4 is 11.8 Å². The standard InChI is InChI=1S/C25H30F3N3O2/c1-17-8-9-20(18(2)12-17)14-29-16-24(10-3-4-11-24)31-22(32)15-30-23(33)19-6-5-7-21(13-19)25(26,27)28/h5-9,12-13,29H,3-4,10-11,14-16H2,1-2H3,(H,30,33)(H,31,32). The molecular weight excluding hydrogens is 431 g/mol. The molecule has 0 unspecified atom stereocenters. The van der Waals surface area contributed by atoms with Crippen LogP contribution in [-0.4, -0.2) is 30.4 Å². The highest BCUT2D eigenvalue weighted by Crippen LogP contribution is 2.30. The first kappa shape index (κ1) is 24.8. The Morgan fingerprint density at radius 2 is 1.76 bits per heavy atom. The van der Waals surface area contributed by atoms with Crippen LogP contribution in [0.5, 0.6) is 0 Å². The van der Waals surface area contributed by atoms with Crippen LogP contribution in [-0.2, 0) is 17.5 Å². The highest BCUT2D eigenvalue weighted by molar-refractivity contribution is 5.96. The molecular formula is C25H30F3N3O2. The minimum absolute atomic E-state index is 0.136. The second-order valence-electron chi connectivity index (χ2n) is 8.83. The topological polar surface area (TPSA) is 70.2 Å². The molecule has 1 aliphatic carbocycles. The maximum atomic E-state index is 12.9. The lowest BCUT2D eigenvalue weighted by Crippen LogP contribution is -2.55. The van der Waals surface area contributed by atoms with Crippen LogP contribution in [0.15, 0.2) is 42.5 Å². The zero-order valence-corrected chi connectivity index (χ0v) is 18.9. The number of carbonyl (C=O) groups excluding carboxylic acids is 2. The van der Waals surface area contributed by atoms with Crippen LogP contribution in [0.2, 0.25) is 0 Å². The monoisotopic (exact) mass is 461 g/mol. The lowest BCUT2D eigenvalue weighted by atomic mass is 9.97. The quantitative estimate of drug-likeness (QED) is 0.550. The van der Waals surface area contributed by atoms with E-state index in [2.05, 4.69) is 48.0 Å². The number of hydrogen-bond donors (Lipinski definition) is 3. The Balaban J connectivity index is 1.53. The van der Waals surface area contributed by atoms with Crippen molar-refractivity contribution < 1.29 is 22.8 Å². The maximum Gasteiger partial charge on any atom is 0.416 e. The van der Waals surface area contributed by atoms with Crippen LogP contribution >= 0.6 is 0 Å². The predicted octanol–water partition coefficient (Wildman–Crippen LogP) is 4.27. The molecule has 5 nitrogen and oxygen atoms in total. The molecule has 0 bridgehead atoms. The van der Waals surface area contributed by atoms with Crippen molar-refractivity contribution in [2.45, 2.75) is 57.8 Å². The lowest BCUT2D eigenvalue weighted by molar-refractivity contribution is -0.137. The van der Waals surface area contributed by atoms with Gasteiger partial charge in [0.1, 0.15) is 0 Å². The van der Waals surface area contributed by atoms with Gasteiger partial charge in [-0.3, -0.25) is 9.59 Å². The lowest BCUT2D eigenvalue weighted by Gasteiger charge is -2.31. The van der Waals surface area contributed by atoms with Gasteiger partial charge in [-0.15, -0.1) is 0 Å². The van der Waals surface area contributed by atoms with Crippen molar-refractivity contribution in [1.29, 1.82) is 0 Å². The predicted molar refractivity (Wildman–Crippen MR) is 121 cm³/mol. The smallest absolute Gasteiger partial charge is 0.348 e. The van der Waals surface area contributed by atoms with Crippen molar-refractivity contribution in [2.75, 3.05) is 13.1 Å². The molecule has 0 aromatic heterocycles. The molecule has 2 amide bonds. The van der Waals surface area contributed by atoms with E-state index in [0.29, 0.717) is 13.1 Å². The van der Waals surface area contributed by atoms with E-state index in [1.54, 1.807) is 0 Å². The van der Waals surface area contributed by atoms with Gasteiger partial charge in [0.25, 0.3) is 5.91 Å². The Kier molecular flexibility index (Phi) is 7.79. The zero-order valence-electron chi connectivity index (χ0n) is 18.9. The summed E-state index contributed by atoms with van der Waals surface area (Å²) in [4.78, 5) is 24.8. The van der Waals surface area contributed by atoms with Crippen LogP contribution in [0.4, 0.5) is 13.2 Å². The second kappa shape index (κ2) is 10.4. The number of alkyl halides is 3. The van der Waals surface area contributed by atoms with Gasteiger partial charge in [0.05, 0.1) is 17.6 Å². The van der Waals surface area contributed by atoms with Crippen LogP contribution in [0.3, 0.4) is 0 Å². The molecule has 1 fully saturated rings. The fraction of sp³-hybridized carbons (Fsp3) is 0.440. The summed E-state index contributed by atoms with van der Waals surface area (Å²) in [6.45, 7) is 5.13. The summed E-state index contributed by atoms with van der Waals surface area (Å²) < 4.78 is 38.6. The molecule has 178 valence electrons. The fourth-order valence-corrected chi connectivity index (χ4v) is 4.32. The van der Waals surface area contributed by atoms with Crippen LogP contribution < -0.4 is 16.0 Å². The average molecular weight is 462 g/mol. The van der Waals surface area contributed by atoms with Crippen molar-refractivity contribution in [3.63, 3.8) is 0 Å². The summed E-state index contributed by atoms with van der Waals surface area (Å²) in [6, 6.07) is 10.5. The third kappa shape index (κ3) is 6.81. The van der Waals surface area contributed by atoms with E-state index in [0.717, 1.165) is 37.8 Å². The molecule has 0 atom stereocenters. The number of carbonyl (C=O) groups is 2. The number of benzene rings is 2. The molecule has 0 aliphatic heterocycles. The van der Waals surface area contributed by atoms with Gasteiger partial charge in [-0.25, -0.2) is 0 Å². The summed E-state index contributed by atoms with van der Waals surface area (Å²) in [6.07, 6.45) is -0.864. The van der Waals surface area contributed by atoms with Crippen LogP contribution in [0.1, 0.15) is 58.3 Å². The largest absolute Gasteiger partial charge is 0.416 e. The van der Waals surface area contributed by atoms with Gasteiger partial charge in [0.15, 0.2) is 0 Å². The zero-order chi connectivity index (χ0) is 24.1. The van der Waals surface area contributed by atoms with Gasteiger partial charge in [-0.1, -0.05) is 42.7 Å². The summed E-state index contributed by atoms with van der Waals surface area (Å²) in [5.41, 5.74) is 2.19. The Bertz CT molecular complexity index is 999. The van der Waals surface area contributed by atoms with E-state index in [9.17, 15) is 22.8 Å². The molecule has 0 spiro atoms. The number of aryl methyl sites for hydroxylation is 2. The molecule has 0 radical (unpaired) electrons. The van der Waals surface area contributed by atoms with E-state index in [-0.39, 0.29) is 18.0 Å². The highest BCUT2D eigenvalue weighted by atomic mass is 19.4. The summed E-state index contributed by atoms with van der Waals surface area (Å²) in [5.74, 6) is -1.07. The van der Waals surface area contributed by atoms with Crippen molar-refractivity contribution in [3.05, 3.63) is 70.3 Å². The van der Waals surface area contributed by atoms with E-state index in [1.165, 1.54) is 28.8 Å². The van der Waals surface area contributed by atoms with Gasteiger partial charge >= 0.3 is 6.18 Å². The van der Waals surface area contributed by atoms with E-state index >= 15 is 0 Å². The normalized spacial score (nSPS) is 15.3. The molecule has 2 aromatic carbocycles. The number of rotatable bonds is 8. The fourth-order valence-electron chi connectivity index (χ4n) is 4.32. The Hall–Kier alpha value is -2.87. The summed E-state index contributed by atoms with van der Waals surface area (Å²) in [5, 5.41) is 8.93. The highest BCUT2D eigenvalue weighted by Gasteiger charge is 2.35. The molecule has 3 rings (SSSR count). The van der Waals surface area contributed by atoms with Crippen LogP contribution in [0.25, 0.3) is 0 Å². The molecule has 0 saturated heterocycles. The van der Waals surface area contributed by atoms with Gasteiger partial charge in [-0.2, -0.15) is 13.2 Å². The second-order valence-corrected chi connectivity index (χ2v) is 8.83. The summed E-state index contributed by atoms with van der Waals surface area (Å²) in [7, 11) is 0. The maximum absolute atomic E-state index is 12.9. The number of halogens is 3. The first-order valence-electron chi connectivity index (χ1n) is 11.1. The molecule has 8 heteroatoms. The number of amides is 2. The Morgan fingerprint density at radius 3 is 2.42 bits per heavy atom. The minimum atomic E-state index is -4.54. The van der Waals surface area contributed by atoms with Crippen molar-refractivity contribution in [1.82, 2.24) is 16.0 Å². The molecule has 0 heterocycles. The third-order valence-corrected chi connectivity index (χ3v) is 6.10. The Labute approximate surface area is 192 Å². The summed E-state index contributed by atoms with van der Waals surface area (Å²) >= 11 is 0. The molecule has 1 aliphatic rings. The Morgan fingerprint density at radius 1 is 1.03 bits per heavy atom. The SMILES string of the molecule is Cc1ccc(CNCC2(NC(=O)CNC(=O)c3cccc(C(F)(F)F)c3)CCCC2)c(C)c1.